The SMILES string of the molecule is NCC1(c2nc(C3CCC3)co2)CCCC1. The molecule has 2 aliphatic rings. The van der Waals surface area contributed by atoms with Gasteiger partial charge in [-0.25, -0.2) is 4.98 Å². The Bertz CT molecular complexity index is 362. The van der Waals surface area contributed by atoms with Gasteiger partial charge in [-0.15, -0.1) is 0 Å². The van der Waals surface area contributed by atoms with Crippen LogP contribution < -0.4 is 5.73 Å². The quantitative estimate of drug-likeness (QED) is 0.852. The standard InChI is InChI=1S/C13H20N2O/c14-9-13(6-1-2-7-13)12-15-11(8-16-12)10-4-3-5-10/h8,10H,1-7,9,14H2. The minimum absolute atomic E-state index is 0.0575. The summed E-state index contributed by atoms with van der Waals surface area (Å²) in [5, 5.41) is 0. The van der Waals surface area contributed by atoms with Gasteiger partial charge in [0, 0.05) is 12.5 Å². The minimum atomic E-state index is 0.0575. The smallest absolute Gasteiger partial charge is 0.201 e. The number of nitrogens with two attached hydrogens (primary N) is 1. The molecule has 0 spiro atoms. The Labute approximate surface area is 96.4 Å². The number of oxazole rings is 1. The fourth-order valence-corrected chi connectivity index (χ4v) is 2.98. The highest BCUT2D eigenvalue weighted by Gasteiger charge is 2.39. The van der Waals surface area contributed by atoms with Crippen molar-refractivity contribution in [1.29, 1.82) is 0 Å². The summed E-state index contributed by atoms with van der Waals surface area (Å²) in [5.74, 6) is 1.57. The molecule has 3 heteroatoms. The molecule has 0 radical (unpaired) electrons. The van der Waals surface area contributed by atoms with E-state index in [1.54, 1.807) is 0 Å². The summed E-state index contributed by atoms with van der Waals surface area (Å²) >= 11 is 0. The van der Waals surface area contributed by atoms with Gasteiger partial charge in [0.15, 0.2) is 0 Å². The van der Waals surface area contributed by atoms with Crippen LogP contribution in [0.3, 0.4) is 0 Å². The highest BCUT2D eigenvalue weighted by atomic mass is 16.3. The number of aromatic nitrogens is 1. The van der Waals surface area contributed by atoms with E-state index in [0.29, 0.717) is 12.5 Å². The minimum Gasteiger partial charge on any atom is -0.448 e. The Morgan fingerprint density at radius 3 is 2.62 bits per heavy atom. The highest BCUT2D eigenvalue weighted by molar-refractivity contribution is 5.15. The molecule has 2 saturated carbocycles. The molecule has 2 aliphatic carbocycles. The van der Waals surface area contributed by atoms with Crippen molar-refractivity contribution in [2.45, 2.75) is 56.3 Å². The van der Waals surface area contributed by atoms with Gasteiger partial charge in [0.2, 0.25) is 5.89 Å². The van der Waals surface area contributed by atoms with E-state index in [4.69, 9.17) is 15.1 Å². The Balaban J connectivity index is 1.84. The Kier molecular flexibility index (Phi) is 2.51. The van der Waals surface area contributed by atoms with Crippen LogP contribution in [0.5, 0.6) is 0 Å². The lowest BCUT2D eigenvalue weighted by molar-refractivity contribution is 0.332. The topological polar surface area (TPSA) is 52.0 Å². The third-order valence-corrected chi connectivity index (χ3v) is 4.45. The summed E-state index contributed by atoms with van der Waals surface area (Å²) in [6, 6.07) is 0. The first-order chi connectivity index (χ1) is 7.84. The summed E-state index contributed by atoms with van der Waals surface area (Å²) in [6.07, 6.45) is 10.6. The molecule has 2 fully saturated rings. The first-order valence-corrected chi connectivity index (χ1v) is 6.50. The van der Waals surface area contributed by atoms with Crippen LogP contribution in [-0.2, 0) is 5.41 Å². The Morgan fingerprint density at radius 2 is 2.06 bits per heavy atom. The van der Waals surface area contributed by atoms with Crippen LogP contribution in [0.25, 0.3) is 0 Å². The van der Waals surface area contributed by atoms with E-state index in [1.165, 1.54) is 37.8 Å². The molecule has 0 aromatic carbocycles. The number of hydrogen-bond donors (Lipinski definition) is 1. The van der Waals surface area contributed by atoms with Crippen LogP contribution in [0.2, 0.25) is 0 Å². The molecule has 1 aromatic heterocycles. The van der Waals surface area contributed by atoms with E-state index in [9.17, 15) is 0 Å². The van der Waals surface area contributed by atoms with Gasteiger partial charge in [0.1, 0.15) is 6.26 Å². The maximum Gasteiger partial charge on any atom is 0.201 e. The fraction of sp³-hybridized carbons (Fsp3) is 0.769. The third kappa shape index (κ3) is 1.49. The average Bonchev–Trinajstić information content (AvgIpc) is 2.82. The van der Waals surface area contributed by atoms with Gasteiger partial charge in [-0.1, -0.05) is 19.3 Å². The molecule has 0 unspecified atom stereocenters. The second-order valence-corrected chi connectivity index (χ2v) is 5.40. The number of rotatable bonds is 3. The molecule has 0 amide bonds. The van der Waals surface area contributed by atoms with Crippen LogP contribution in [0.1, 0.15) is 62.4 Å². The van der Waals surface area contributed by atoms with Gasteiger partial charge in [0.05, 0.1) is 11.1 Å². The third-order valence-electron chi connectivity index (χ3n) is 4.45. The average molecular weight is 220 g/mol. The van der Waals surface area contributed by atoms with Crippen molar-refractivity contribution >= 4 is 0 Å². The van der Waals surface area contributed by atoms with Crippen LogP contribution in [0.15, 0.2) is 10.7 Å². The molecule has 1 aromatic rings. The summed E-state index contributed by atoms with van der Waals surface area (Å²) in [4.78, 5) is 4.71. The van der Waals surface area contributed by atoms with Gasteiger partial charge in [-0.3, -0.25) is 0 Å². The van der Waals surface area contributed by atoms with E-state index in [1.807, 2.05) is 6.26 Å². The van der Waals surface area contributed by atoms with Gasteiger partial charge >= 0.3 is 0 Å². The molecule has 3 nitrogen and oxygen atoms in total. The van der Waals surface area contributed by atoms with Crippen molar-refractivity contribution in [2.75, 3.05) is 6.54 Å². The van der Waals surface area contributed by atoms with Crippen molar-refractivity contribution in [3.8, 4) is 0 Å². The maximum absolute atomic E-state index is 5.93. The summed E-state index contributed by atoms with van der Waals surface area (Å²) in [6.45, 7) is 0.678. The van der Waals surface area contributed by atoms with E-state index in [-0.39, 0.29) is 5.41 Å². The molecule has 3 rings (SSSR count). The van der Waals surface area contributed by atoms with Gasteiger partial charge in [0.25, 0.3) is 0 Å². The monoisotopic (exact) mass is 220 g/mol. The molecule has 16 heavy (non-hydrogen) atoms. The molecular formula is C13H20N2O. The predicted molar refractivity (Wildman–Crippen MR) is 62.3 cm³/mol. The molecular weight excluding hydrogens is 200 g/mol. The van der Waals surface area contributed by atoms with Gasteiger partial charge in [-0.2, -0.15) is 0 Å². The van der Waals surface area contributed by atoms with Crippen LogP contribution in [-0.4, -0.2) is 11.5 Å². The molecule has 88 valence electrons. The van der Waals surface area contributed by atoms with Crippen molar-refractivity contribution in [3.63, 3.8) is 0 Å². The summed E-state index contributed by atoms with van der Waals surface area (Å²) in [5.41, 5.74) is 7.16. The van der Waals surface area contributed by atoms with E-state index in [2.05, 4.69) is 0 Å². The second kappa shape index (κ2) is 3.88. The zero-order valence-electron chi connectivity index (χ0n) is 9.74. The van der Waals surface area contributed by atoms with E-state index >= 15 is 0 Å². The maximum atomic E-state index is 5.93. The van der Waals surface area contributed by atoms with Crippen molar-refractivity contribution in [1.82, 2.24) is 4.98 Å². The first kappa shape index (κ1) is 10.3. The lowest BCUT2D eigenvalue weighted by Crippen LogP contribution is -2.32. The lowest BCUT2D eigenvalue weighted by atomic mass is 9.83. The highest BCUT2D eigenvalue weighted by Crippen LogP contribution is 2.42. The Hall–Kier alpha value is -0.830. The molecule has 1 heterocycles. The fourth-order valence-electron chi connectivity index (χ4n) is 2.98. The van der Waals surface area contributed by atoms with Crippen LogP contribution in [0, 0.1) is 0 Å². The molecule has 0 aliphatic heterocycles. The van der Waals surface area contributed by atoms with Gasteiger partial charge < -0.3 is 10.2 Å². The summed E-state index contributed by atoms with van der Waals surface area (Å²) < 4.78 is 5.71. The zero-order chi connectivity index (χ0) is 11.0. The van der Waals surface area contributed by atoms with Crippen molar-refractivity contribution in [2.24, 2.45) is 5.73 Å². The molecule has 0 bridgehead atoms. The van der Waals surface area contributed by atoms with Crippen LogP contribution in [0.4, 0.5) is 0 Å². The number of nitrogens with zero attached hydrogens (tertiary/aromatic N) is 1. The molecule has 2 N–H and O–H groups in total. The normalized spacial score (nSPS) is 24.6. The van der Waals surface area contributed by atoms with Crippen molar-refractivity contribution < 1.29 is 4.42 Å². The molecule has 0 atom stereocenters. The summed E-state index contributed by atoms with van der Waals surface area (Å²) in [7, 11) is 0. The predicted octanol–water partition coefficient (Wildman–Crippen LogP) is 2.71. The van der Waals surface area contributed by atoms with Crippen LogP contribution >= 0.6 is 0 Å². The first-order valence-electron chi connectivity index (χ1n) is 6.50. The second-order valence-electron chi connectivity index (χ2n) is 5.40. The number of hydrogen-bond acceptors (Lipinski definition) is 3. The van der Waals surface area contributed by atoms with Crippen molar-refractivity contribution in [3.05, 3.63) is 17.8 Å². The van der Waals surface area contributed by atoms with E-state index < -0.39 is 0 Å². The van der Waals surface area contributed by atoms with Gasteiger partial charge in [-0.05, 0) is 25.7 Å². The zero-order valence-corrected chi connectivity index (χ0v) is 9.74. The van der Waals surface area contributed by atoms with E-state index in [0.717, 1.165) is 18.7 Å². The Morgan fingerprint density at radius 1 is 1.31 bits per heavy atom. The lowest BCUT2D eigenvalue weighted by Gasteiger charge is -2.24. The molecule has 0 saturated heterocycles. The largest absolute Gasteiger partial charge is 0.448 e.